The molecule has 0 aliphatic heterocycles. The van der Waals surface area contributed by atoms with Gasteiger partial charge in [0.1, 0.15) is 11.4 Å². The topological polar surface area (TPSA) is 58.0 Å². The van der Waals surface area contributed by atoms with Crippen LogP contribution in [0.3, 0.4) is 0 Å². The highest BCUT2D eigenvalue weighted by Gasteiger charge is 2.35. The monoisotopic (exact) mass is 269 g/mol. The number of rotatable bonds is 4. The first-order valence-corrected chi connectivity index (χ1v) is 5.19. The predicted octanol–water partition coefficient (Wildman–Crippen LogP) is 2.33. The van der Waals surface area contributed by atoms with Gasteiger partial charge < -0.3 is 10.4 Å². The summed E-state index contributed by atoms with van der Waals surface area (Å²) in [6.07, 6.45) is -3.62. The number of hydrogen-bond donors (Lipinski definition) is 2. The Morgan fingerprint density at radius 2 is 2.18 bits per heavy atom. The molecule has 1 aromatic rings. The molecule has 0 aromatic carbocycles. The minimum absolute atomic E-state index is 0.131. The molecule has 0 amide bonds. The molecule has 0 aliphatic carbocycles. The molecule has 4 nitrogen and oxygen atoms in total. The summed E-state index contributed by atoms with van der Waals surface area (Å²) in [5, 5.41) is 11.0. The van der Waals surface area contributed by atoms with Crippen LogP contribution in [-0.2, 0) is 6.18 Å². The molecule has 0 unspecified atom stereocenters. The van der Waals surface area contributed by atoms with Gasteiger partial charge in [-0.05, 0) is 24.9 Å². The first kappa shape index (κ1) is 14.0. The Balaban J connectivity index is 2.99. The smallest absolute Gasteiger partial charge is 0.396 e. The van der Waals surface area contributed by atoms with Crippen molar-refractivity contribution in [2.24, 2.45) is 0 Å². The Hall–Kier alpha value is -1.08. The fraction of sp³-hybridized carbons (Fsp3) is 0.556. The molecule has 1 atom stereocenters. The van der Waals surface area contributed by atoms with Crippen LogP contribution in [0, 0.1) is 0 Å². The summed E-state index contributed by atoms with van der Waals surface area (Å²) >= 11 is 5.45. The second-order valence-corrected chi connectivity index (χ2v) is 3.79. The van der Waals surface area contributed by atoms with Crippen molar-refractivity contribution in [1.82, 2.24) is 9.97 Å². The fourth-order valence-electron chi connectivity index (χ4n) is 1.18. The number of anilines is 1. The number of aromatic nitrogens is 2. The average molecular weight is 270 g/mol. The van der Waals surface area contributed by atoms with Crippen molar-refractivity contribution < 1.29 is 18.3 Å². The molecule has 1 heterocycles. The van der Waals surface area contributed by atoms with Crippen molar-refractivity contribution in [2.45, 2.75) is 25.6 Å². The zero-order valence-electron chi connectivity index (χ0n) is 8.92. The van der Waals surface area contributed by atoms with Gasteiger partial charge in [-0.3, -0.25) is 0 Å². The van der Waals surface area contributed by atoms with E-state index in [2.05, 4.69) is 15.3 Å². The Bertz CT molecular complexity index is 386. The van der Waals surface area contributed by atoms with Gasteiger partial charge in [0.15, 0.2) is 0 Å². The summed E-state index contributed by atoms with van der Waals surface area (Å²) in [6, 6.07) is -0.355. The average Bonchev–Trinajstić information content (AvgIpc) is 2.15. The zero-order chi connectivity index (χ0) is 13.1. The summed E-state index contributed by atoms with van der Waals surface area (Å²) in [7, 11) is 0. The molecule has 0 bridgehead atoms. The van der Waals surface area contributed by atoms with E-state index in [9.17, 15) is 13.2 Å². The molecule has 1 rings (SSSR count). The minimum atomic E-state index is -4.55. The molecule has 96 valence electrons. The van der Waals surface area contributed by atoms with E-state index in [1.54, 1.807) is 6.92 Å². The van der Waals surface area contributed by atoms with Crippen LogP contribution in [0.5, 0.6) is 0 Å². The third kappa shape index (κ3) is 4.01. The molecule has 0 saturated carbocycles. The van der Waals surface area contributed by atoms with Crippen LogP contribution in [0.25, 0.3) is 0 Å². The maximum Gasteiger partial charge on any atom is 0.421 e. The number of aliphatic hydroxyl groups is 1. The molecular weight excluding hydrogens is 259 g/mol. The van der Waals surface area contributed by atoms with E-state index in [0.29, 0.717) is 12.6 Å². The summed E-state index contributed by atoms with van der Waals surface area (Å²) < 4.78 is 37.8. The van der Waals surface area contributed by atoms with Gasteiger partial charge in [-0.1, -0.05) is 0 Å². The van der Waals surface area contributed by atoms with Gasteiger partial charge in [-0.25, -0.2) is 9.97 Å². The van der Waals surface area contributed by atoms with Gasteiger partial charge in [0.2, 0.25) is 5.28 Å². The lowest BCUT2D eigenvalue weighted by atomic mass is 10.2. The SMILES string of the molecule is C[C@H](CCO)Nc1nc(Cl)ncc1C(F)(F)F. The van der Waals surface area contributed by atoms with Gasteiger partial charge in [0.25, 0.3) is 0 Å². The third-order valence-corrected chi connectivity index (χ3v) is 2.19. The Morgan fingerprint density at radius 3 is 2.71 bits per heavy atom. The van der Waals surface area contributed by atoms with Crippen LogP contribution in [0.1, 0.15) is 18.9 Å². The van der Waals surface area contributed by atoms with E-state index in [0.717, 1.165) is 0 Å². The molecule has 0 radical (unpaired) electrons. The van der Waals surface area contributed by atoms with Gasteiger partial charge in [0.05, 0.1) is 0 Å². The first-order valence-electron chi connectivity index (χ1n) is 4.81. The Morgan fingerprint density at radius 1 is 1.53 bits per heavy atom. The lowest BCUT2D eigenvalue weighted by Gasteiger charge is -2.17. The normalized spacial score (nSPS) is 13.5. The lowest BCUT2D eigenvalue weighted by molar-refractivity contribution is -0.137. The molecular formula is C9H11ClF3N3O. The van der Waals surface area contributed by atoms with Gasteiger partial charge in [-0.2, -0.15) is 13.2 Å². The quantitative estimate of drug-likeness (QED) is 0.824. The van der Waals surface area contributed by atoms with Crippen molar-refractivity contribution in [3.05, 3.63) is 17.0 Å². The standard InChI is InChI=1S/C9H11ClF3N3O/c1-5(2-3-17)15-7-6(9(11,12)13)4-14-8(10)16-7/h4-5,17H,2-3H2,1H3,(H,14,15,16)/t5-/m1/s1. The van der Waals surface area contributed by atoms with Crippen LogP contribution in [0.15, 0.2) is 6.20 Å². The summed E-state index contributed by atoms with van der Waals surface area (Å²) in [5.74, 6) is -0.376. The molecule has 0 spiro atoms. The van der Waals surface area contributed by atoms with Crippen LogP contribution in [0.2, 0.25) is 5.28 Å². The van der Waals surface area contributed by atoms with Crippen LogP contribution < -0.4 is 5.32 Å². The van der Waals surface area contributed by atoms with E-state index in [4.69, 9.17) is 16.7 Å². The maximum absolute atomic E-state index is 12.6. The third-order valence-electron chi connectivity index (χ3n) is 2.01. The number of alkyl halides is 3. The second kappa shape index (κ2) is 5.50. The van der Waals surface area contributed by atoms with Gasteiger partial charge in [-0.15, -0.1) is 0 Å². The number of halogens is 4. The Labute approximate surface area is 101 Å². The number of nitrogens with one attached hydrogen (secondary N) is 1. The summed E-state index contributed by atoms with van der Waals surface area (Å²) in [6.45, 7) is 1.50. The van der Waals surface area contributed by atoms with Crippen molar-refractivity contribution in [3.8, 4) is 0 Å². The van der Waals surface area contributed by atoms with Gasteiger partial charge >= 0.3 is 6.18 Å². The highest BCUT2D eigenvalue weighted by molar-refractivity contribution is 6.28. The van der Waals surface area contributed by atoms with Crippen molar-refractivity contribution in [2.75, 3.05) is 11.9 Å². The van der Waals surface area contributed by atoms with Crippen LogP contribution in [-0.4, -0.2) is 27.7 Å². The van der Waals surface area contributed by atoms with Gasteiger partial charge in [0, 0.05) is 18.8 Å². The first-order chi connectivity index (χ1) is 7.84. The predicted molar refractivity (Wildman–Crippen MR) is 56.8 cm³/mol. The maximum atomic E-state index is 12.6. The molecule has 1 aromatic heterocycles. The molecule has 0 fully saturated rings. The van der Waals surface area contributed by atoms with E-state index >= 15 is 0 Å². The van der Waals surface area contributed by atoms with Crippen LogP contribution >= 0.6 is 11.6 Å². The molecule has 0 saturated heterocycles. The number of aliphatic hydroxyl groups excluding tert-OH is 1. The van der Waals surface area contributed by atoms with Crippen molar-refractivity contribution >= 4 is 17.4 Å². The summed E-state index contributed by atoms with van der Waals surface area (Å²) in [4.78, 5) is 6.81. The van der Waals surface area contributed by atoms with Crippen molar-refractivity contribution in [1.29, 1.82) is 0 Å². The van der Waals surface area contributed by atoms with Crippen molar-refractivity contribution in [3.63, 3.8) is 0 Å². The lowest BCUT2D eigenvalue weighted by Crippen LogP contribution is -2.21. The highest BCUT2D eigenvalue weighted by atomic mass is 35.5. The molecule has 0 aliphatic rings. The van der Waals surface area contributed by atoms with E-state index in [-0.39, 0.29) is 23.8 Å². The Kier molecular flexibility index (Phi) is 4.53. The minimum Gasteiger partial charge on any atom is -0.396 e. The number of hydrogen-bond acceptors (Lipinski definition) is 4. The van der Waals surface area contributed by atoms with E-state index < -0.39 is 11.7 Å². The van der Waals surface area contributed by atoms with E-state index in [1.807, 2.05) is 0 Å². The molecule has 2 N–H and O–H groups in total. The number of nitrogens with zero attached hydrogens (tertiary/aromatic N) is 2. The zero-order valence-corrected chi connectivity index (χ0v) is 9.68. The molecule has 17 heavy (non-hydrogen) atoms. The largest absolute Gasteiger partial charge is 0.421 e. The second-order valence-electron chi connectivity index (χ2n) is 3.46. The fourth-order valence-corrected chi connectivity index (χ4v) is 1.31. The molecule has 8 heteroatoms. The van der Waals surface area contributed by atoms with E-state index in [1.165, 1.54) is 0 Å². The highest BCUT2D eigenvalue weighted by Crippen LogP contribution is 2.34. The summed E-state index contributed by atoms with van der Waals surface area (Å²) in [5.41, 5.74) is -0.980. The van der Waals surface area contributed by atoms with Crippen LogP contribution in [0.4, 0.5) is 19.0 Å².